The summed E-state index contributed by atoms with van der Waals surface area (Å²) in [4.78, 5) is 5.84. The highest BCUT2D eigenvalue weighted by molar-refractivity contribution is 5.85. The first-order valence-corrected chi connectivity index (χ1v) is 8.82. The molecule has 1 saturated heterocycles. The minimum atomic E-state index is -0.149. The third-order valence-electron chi connectivity index (χ3n) is 5.26. The van der Waals surface area contributed by atoms with Crippen LogP contribution >= 0.6 is 12.4 Å². The van der Waals surface area contributed by atoms with Gasteiger partial charge in [-0.15, -0.1) is 12.4 Å². The van der Waals surface area contributed by atoms with Crippen LogP contribution in [0.2, 0.25) is 0 Å². The van der Waals surface area contributed by atoms with Crippen molar-refractivity contribution >= 4 is 23.3 Å². The summed E-state index contributed by atoms with van der Waals surface area (Å²) in [6.07, 6.45) is 5.49. The van der Waals surface area contributed by atoms with Gasteiger partial charge >= 0.3 is 0 Å². The fraction of sp³-hybridized carbons (Fsp3) is 0.333. The minimum absolute atomic E-state index is 0. The first kappa shape index (κ1) is 18.0. The average molecular weight is 359 g/mol. The largest absolute Gasteiger partial charge is 0.361 e. The van der Waals surface area contributed by atoms with Crippen molar-refractivity contribution in [3.8, 4) is 0 Å². The van der Waals surface area contributed by atoms with E-state index in [0.29, 0.717) is 5.92 Å². The predicted molar refractivity (Wildman–Crippen MR) is 104 cm³/mol. The van der Waals surface area contributed by atoms with Crippen molar-refractivity contribution in [2.75, 3.05) is 19.6 Å². The van der Waals surface area contributed by atoms with Gasteiger partial charge in [0.25, 0.3) is 0 Å². The summed E-state index contributed by atoms with van der Waals surface area (Å²) in [6, 6.07) is 15.7. The molecule has 0 saturated carbocycles. The Bertz CT molecular complexity index is 807. The molecule has 132 valence electrons. The molecule has 1 N–H and O–H groups in total. The molecule has 2 nitrogen and oxygen atoms in total. The maximum Gasteiger partial charge on any atom is 0.123 e. The maximum atomic E-state index is 13.6. The van der Waals surface area contributed by atoms with E-state index in [-0.39, 0.29) is 18.2 Å². The normalized spacial score (nSPS) is 16.0. The van der Waals surface area contributed by atoms with Gasteiger partial charge in [0.2, 0.25) is 0 Å². The zero-order valence-corrected chi connectivity index (χ0v) is 15.1. The minimum Gasteiger partial charge on any atom is -0.361 e. The lowest BCUT2D eigenvalue weighted by Crippen LogP contribution is -2.34. The van der Waals surface area contributed by atoms with E-state index in [1.807, 2.05) is 6.07 Å². The van der Waals surface area contributed by atoms with Gasteiger partial charge in [0.05, 0.1) is 0 Å². The molecule has 2 aromatic carbocycles. The highest BCUT2D eigenvalue weighted by atomic mass is 35.5. The number of fused-ring (bicyclic) bond motifs is 1. The van der Waals surface area contributed by atoms with Gasteiger partial charge in [-0.3, -0.25) is 0 Å². The van der Waals surface area contributed by atoms with Crippen LogP contribution in [0.3, 0.4) is 0 Å². The molecule has 0 spiro atoms. The molecule has 2 heterocycles. The number of rotatable bonds is 4. The first-order valence-electron chi connectivity index (χ1n) is 8.82. The van der Waals surface area contributed by atoms with Crippen molar-refractivity contribution in [1.29, 1.82) is 0 Å². The molecule has 25 heavy (non-hydrogen) atoms. The predicted octanol–water partition coefficient (Wildman–Crippen LogP) is 5.15. The highest BCUT2D eigenvalue weighted by Crippen LogP contribution is 2.33. The second-order valence-electron chi connectivity index (χ2n) is 6.79. The Morgan fingerprint density at radius 1 is 1.04 bits per heavy atom. The van der Waals surface area contributed by atoms with Gasteiger partial charge < -0.3 is 9.88 Å². The van der Waals surface area contributed by atoms with Gasteiger partial charge in [0.1, 0.15) is 5.82 Å². The van der Waals surface area contributed by atoms with E-state index >= 15 is 0 Å². The van der Waals surface area contributed by atoms with Crippen LogP contribution in [0, 0.1) is 5.82 Å². The Morgan fingerprint density at radius 2 is 1.80 bits per heavy atom. The van der Waals surface area contributed by atoms with Crippen molar-refractivity contribution in [1.82, 2.24) is 9.88 Å². The fourth-order valence-electron chi connectivity index (χ4n) is 3.85. The van der Waals surface area contributed by atoms with Crippen molar-refractivity contribution in [2.45, 2.75) is 25.2 Å². The zero-order valence-electron chi connectivity index (χ0n) is 14.2. The van der Waals surface area contributed by atoms with Crippen LogP contribution in [0.25, 0.3) is 10.9 Å². The van der Waals surface area contributed by atoms with Gasteiger partial charge in [-0.05, 0) is 67.6 Å². The van der Waals surface area contributed by atoms with Crippen molar-refractivity contribution in [2.24, 2.45) is 0 Å². The molecule has 1 aliphatic heterocycles. The summed E-state index contributed by atoms with van der Waals surface area (Å²) in [5, 5.41) is 1.05. The Balaban J connectivity index is 0.00000182. The van der Waals surface area contributed by atoms with E-state index < -0.39 is 0 Å². The fourth-order valence-corrected chi connectivity index (χ4v) is 3.85. The molecule has 0 radical (unpaired) electrons. The molecule has 0 aliphatic carbocycles. The average Bonchev–Trinajstić information content (AvgIpc) is 3.04. The molecule has 0 amide bonds. The molecule has 4 heteroatoms. The number of piperidine rings is 1. The lowest BCUT2D eigenvalue weighted by molar-refractivity contribution is 0.215. The van der Waals surface area contributed by atoms with Crippen LogP contribution < -0.4 is 0 Å². The summed E-state index contributed by atoms with van der Waals surface area (Å²) in [6.45, 7) is 3.37. The lowest BCUT2D eigenvalue weighted by Gasteiger charge is -2.32. The number of hydrogen-bond acceptors (Lipinski definition) is 1. The number of aromatic nitrogens is 1. The third kappa shape index (κ3) is 4.05. The second-order valence-corrected chi connectivity index (χ2v) is 6.79. The summed E-state index contributed by atoms with van der Waals surface area (Å²) in [5.74, 6) is 0.386. The van der Waals surface area contributed by atoms with E-state index in [4.69, 9.17) is 0 Å². The highest BCUT2D eigenvalue weighted by Gasteiger charge is 2.22. The van der Waals surface area contributed by atoms with Crippen LogP contribution in [-0.2, 0) is 6.42 Å². The SMILES string of the molecule is Cl.Fc1ccc2[nH]cc(C3CCN(CCc4ccccc4)CC3)c2c1. The number of halogens is 2. The Morgan fingerprint density at radius 3 is 2.56 bits per heavy atom. The van der Waals surface area contributed by atoms with Gasteiger partial charge in [0.15, 0.2) is 0 Å². The number of aromatic amines is 1. The van der Waals surface area contributed by atoms with E-state index in [2.05, 4.69) is 46.4 Å². The second kappa shape index (κ2) is 8.03. The van der Waals surface area contributed by atoms with Crippen LogP contribution in [0.1, 0.15) is 29.9 Å². The smallest absolute Gasteiger partial charge is 0.123 e. The van der Waals surface area contributed by atoms with Crippen LogP contribution in [0.15, 0.2) is 54.7 Å². The molecular weight excluding hydrogens is 335 g/mol. The van der Waals surface area contributed by atoms with Crippen LogP contribution in [-0.4, -0.2) is 29.5 Å². The molecule has 0 atom stereocenters. The Hall–Kier alpha value is -1.84. The van der Waals surface area contributed by atoms with Gasteiger partial charge in [-0.1, -0.05) is 30.3 Å². The topological polar surface area (TPSA) is 19.0 Å². The van der Waals surface area contributed by atoms with Crippen LogP contribution in [0.4, 0.5) is 4.39 Å². The number of nitrogens with zero attached hydrogens (tertiary/aromatic N) is 1. The Labute approximate surface area is 154 Å². The van der Waals surface area contributed by atoms with Crippen molar-refractivity contribution in [3.05, 3.63) is 71.7 Å². The van der Waals surface area contributed by atoms with Gasteiger partial charge in [0, 0.05) is 23.6 Å². The molecule has 1 aliphatic rings. The lowest BCUT2D eigenvalue weighted by atomic mass is 9.89. The van der Waals surface area contributed by atoms with Crippen molar-refractivity contribution in [3.63, 3.8) is 0 Å². The number of likely N-dealkylation sites (tertiary alicyclic amines) is 1. The monoisotopic (exact) mass is 358 g/mol. The molecule has 1 aromatic heterocycles. The number of H-pyrrole nitrogens is 1. The number of hydrogen-bond donors (Lipinski definition) is 1. The molecular formula is C21H24ClFN2. The quantitative estimate of drug-likeness (QED) is 0.683. The molecule has 0 bridgehead atoms. The third-order valence-corrected chi connectivity index (χ3v) is 5.26. The van der Waals surface area contributed by atoms with E-state index in [1.165, 1.54) is 17.2 Å². The standard InChI is InChI=1S/C21H23FN2.ClH/c22-18-6-7-21-19(14-18)20(15-23-21)17-9-12-24(13-10-17)11-8-16-4-2-1-3-5-16;/h1-7,14-15,17,23H,8-13H2;1H. The maximum absolute atomic E-state index is 13.6. The Kier molecular flexibility index (Phi) is 5.77. The van der Waals surface area contributed by atoms with Crippen molar-refractivity contribution < 1.29 is 4.39 Å². The summed E-state index contributed by atoms with van der Waals surface area (Å²) in [7, 11) is 0. The van der Waals surface area contributed by atoms with Crippen LogP contribution in [0.5, 0.6) is 0 Å². The zero-order chi connectivity index (χ0) is 16.4. The summed E-state index contributed by atoms with van der Waals surface area (Å²) >= 11 is 0. The van der Waals surface area contributed by atoms with E-state index in [9.17, 15) is 4.39 Å². The molecule has 4 rings (SSSR count). The van der Waals surface area contributed by atoms with E-state index in [1.54, 1.807) is 6.07 Å². The van der Waals surface area contributed by atoms with E-state index in [0.717, 1.165) is 49.8 Å². The molecule has 3 aromatic rings. The first-order chi connectivity index (χ1) is 11.8. The number of benzene rings is 2. The summed E-state index contributed by atoms with van der Waals surface area (Å²) < 4.78 is 13.6. The van der Waals surface area contributed by atoms with Gasteiger partial charge in [-0.2, -0.15) is 0 Å². The summed E-state index contributed by atoms with van der Waals surface area (Å²) in [5.41, 5.74) is 3.73. The molecule has 1 fully saturated rings. The number of nitrogens with one attached hydrogen (secondary N) is 1. The molecule has 0 unspecified atom stereocenters. The van der Waals surface area contributed by atoms with Gasteiger partial charge in [-0.25, -0.2) is 4.39 Å².